The summed E-state index contributed by atoms with van der Waals surface area (Å²) < 4.78 is 10.2. The molecule has 5 heteroatoms. The van der Waals surface area contributed by atoms with Crippen molar-refractivity contribution in [1.82, 2.24) is 5.32 Å². The minimum absolute atomic E-state index is 0.0903. The minimum Gasteiger partial charge on any atom is -0.460 e. The number of alkyl carbamates (subject to hydrolysis) is 1. The second-order valence-corrected chi connectivity index (χ2v) is 6.16. The Hall–Kier alpha value is -1.70. The molecule has 0 heterocycles. The van der Waals surface area contributed by atoms with E-state index in [-0.39, 0.29) is 6.42 Å². The van der Waals surface area contributed by atoms with Crippen LogP contribution in [-0.2, 0) is 14.3 Å². The average Bonchev–Trinajstić information content (AvgIpc) is 2.10. The van der Waals surface area contributed by atoms with E-state index in [1.54, 1.807) is 41.5 Å². The zero-order chi connectivity index (χ0) is 15.3. The number of carbonyl (C=O) groups excluding carboxylic acids is 2. The van der Waals surface area contributed by atoms with Gasteiger partial charge in [-0.25, -0.2) is 4.79 Å². The van der Waals surface area contributed by atoms with Gasteiger partial charge in [0, 0.05) is 0 Å². The molecule has 0 bridgehead atoms. The van der Waals surface area contributed by atoms with Gasteiger partial charge in [0.25, 0.3) is 0 Å². The van der Waals surface area contributed by atoms with Crippen molar-refractivity contribution in [1.29, 1.82) is 0 Å². The Bertz CT molecular complexity index is 338. The Morgan fingerprint density at radius 2 is 1.58 bits per heavy atom. The molecule has 0 spiro atoms. The fourth-order valence-electron chi connectivity index (χ4n) is 1.15. The highest BCUT2D eigenvalue weighted by Gasteiger charge is 2.22. The van der Waals surface area contributed by atoms with Crippen LogP contribution in [0.3, 0.4) is 0 Å². The minimum atomic E-state index is -0.746. The van der Waals surface area contributed by atoms with Crippen molar-refractivity contribution in [3.8, 4) is 12.3 Å². The molecule has 0 aromatic carbocycles. The van der Waals surface area contributed by atoms with Gasteiger partial charge in [-0.1, -0.05) is 5.92 Å². The third kappa shape index (κ3) is 9.95. The van der Waals surface area contributed by atoms with Gasteiger partial charge in [-0.3, -0.25) is 4.79 Å². The molecule has 108 valence electrons. The first kappa shape index (κ1) is 17.3. The van der Waals surface area contributed by atoms with Gasteiger partial charge in [0.1, 0.15) is 17.2 Å². The molecular weight excluding hydrogens is 246 g/mol. The largest absolute Gasteiger partial charge is 0.460 e. The van der Waals surface area contributed by atoms with Crippen molar-refractivity contribution in [3.05, 3.63) is 0 Å². The first-order valence-electron chi connectivity index (χ1n) is 6.10. The molecule has 1 atom stereocenters. The summed E-state index contributed by atoms with van der Waals surface area (Å²) in [6.45, 7) is 10.5. The van der Waals surface area contributed by atoms with Gasteiger partial charge in [-0.05, 0) is 41.5 Å². The van der Waals surface area contributed by atoms with Crippen molar-refractivity contribution < 1.29 is 19.1 Å². The summed E-state index contributed by atoms with van der Waals surface area (Å²) in [5, 5.41) is 2.44. The van der Waals surface area contributed by atoms with Gasteiger partial charge in [0.05, 0.1) is 6.42 Å². The van der Waals surface area contributed by atoms with Crippen molar-refractivity contribution in [2.45, 2.75) is 65.2 Å². The first-order valence-corrected chi connectivity index (χ1v) is 6.10. The molecule has 5 nitrogen and oxygen atoms in total. The topological polar surface area (TPSA) is 64.6 Å². The number of hydrogen-bond donors (Lipinski definition) is 1. The highest BCUT2D eigenvalue weighted by Crippen LogP contribution is 2.10. The molecule has 1 amide bonds. The predicted molar refractivity (Wildman–Crippen MR) is 72.5 cm³/mol. The lowest BCUT2D eigenvalue weighted by atomic mass is 10.1. The third-order valence-corrected chi connectivity index (χ3v) is 1.68. The molecule has 0 saturated heterocycles. The molecule has 0 aliphatic carbocycles. The number of ether oxygens (including phenoxy) is 2. The highest BCUT2D eigenvalue weighted by atomic mass is 16.6. The Labute approximate surface area is 115 Å². The number of esters is 1. The summed E-state index contributed by atoms with van der Waals surface area (Å²) in [6, 6.07) is -0.746. The van der Waals surface area contributed by atoms with Crippen LogP contribution in [0.4, 0.5) is 4.79 Å². The fourth-order valence-corrected chi connectivity index (χ4v) is 1.15. The van der Waals surface area contributed by atoms with Gasteiger partial charge in [-0.15, -0.1) is 6.42 Å². The maximum Gasteiger partial charge on any atom is 0.408 e. The zero-order valence-electron chi connectivity index (χ0n) is 12.5. The maximum atomic E-state index is 11.6. The standard InChI is InChI=1S/C14H23NO4/c1-8-10(9-11(16)18-13(2,3)4)15-12(17)19-14(5,6)7/h1,10H,9H2,2-7H3,(H,15,17)/t10-/m1/s1. The smallest absolute Gasteiger partial charge is 0.408 e. The van der Waals surface area contributed by atoms with Crippen molar-refractivity contribution in [3.63, 3.8) is 0 Å². The van der Waals surface area contributed by atoms with E-state index in [1.165, 1.54) is 0 Å². The Morgan fingerprint density at radius 3 is 1.95 bits per heavy atom. The van der Waals surface area contributed by atoms with E-state index in [1.807, 2.05) is 0 Å². The number of nitrogens with one attached hydrogen (secondary N) is 1. The maximum absolute atomic E-state index is 11.6. The van der Waals surface area contributed by atoms with Gasteiger partial charge < -0.3 is 14.8 Å². The van der Waals surface area contributed by atoms with E-state index in [9.17, 15) is 9.59 Å². The predicted octanol–water partition coefficient (Wildman–Crippen LogP) is 2.24. The van der Waals surface area contributed by atoms with E-state index in [0.717, 1.165) is 0 Å². The molecule has 0 aliphatic rings. The van der Waals surface area contributed by atoms with Crippen molar-refractivity contribution >= 4 is 12.1 Å². The van der Waals surface area contributed by atoms with Crippen LogP contribution in [0, 0.1) is 12.3 Å². The monoisotopic (exact) mass is 269 g/mol. The molecule has 0 saturated carbocycles. The van der Waals surface area contributed by atoms with E-state index < -0.39 is 29.3 Å². The number of amides is 1. The van der Waals surface area contributed by atoms with Crippen LogP contribution in [0.1, 0.15) is 48.0 Å². The second kappa shape index (κ2) is 6.46. The lowest BCUT2D eigenvalue weighted by Crippen LogP contribution is -2.40. The molecule has 0 radical (unpaired) electrons. The van der Waals surface area contributed by atoms with E-state index in [2.05, 4.69) is 11.2 Å². The summed E-state index contributed by atoms with van der Waals surface area (Å²) in [4.78, 5) is 23.1. The highest BCUT2D eigenvalue weighted by molar-refractivity contribution is 5.74. The van der Waals surface area contributed by atoms with Crippen LogP contribution in [0.5, 0.6) is 0 Å². The summed E-state index contributed by atoms with van der Waals surface area (Å²) in [6.07, 6.45) is 4.52. The lowest BCUT2D eigenvalue weighted by Gasteiger charge is -2.23. The van der Waals surface area contributed by atoms with Crippen LogP contribution in [0.2, 0.25) is 0 Å². The Balaban J connectivity index is 4.35. The third-order valence-electron chi connectivity index (χ3n) is 1.68. The van der Waals surface area contributed by atoms with Gasteiger partial charge >= 0.3 is 12.1 Å². The Morgan fingerprint density at radius 1 is 1.11 bits per heavy atom. The normalized spacial score (nSPS) is 13.1. The number of hydrogen-bond acceptors (Lipinski definition) is 4. The van der Waals surface area contributed by atoms with E-state index >= 15 is 0 Å². The number of terminal acetylenes is 1. The van der Waals surface area contributed by atoms with Gasteiger partial charge in [0.15, 0.2) is 0 Å². The first-order chi connectivity index (χ1) is 8.43. The van der Waals surface area contributed by atoms with Crippen molar-refractivity contribution in [2.75, 3.05) is 0 Å². The average molecular weight is 269 g/mol. The molecule has 0 rings (SSSR count). The summed E-state index contributed by atoms with van der Waals surface area (Å²) in [5.74, 6) is 1.86. The number of rotatable bonds is 3. The fraction of sp³-hybridized carbons (Fsp3) is 0.714. The number of carbonyl (C=O) groups is 2. The SMILES string of the molecule is C#C[C@H](CC(=O)OC(C)(C)C)NC(=O)OC(C)(C)C. The van der Waals surface area contributed by atoms with Crippen molar-refractivity contribution in [2.24, 2.45) is 0 Å². The molecule has 19 heavy (non-hydrogen) atoms. The quantitative estimate of drug-likeness (QED) is 0.630. The summed E-state index contributed by atoms with van der Waals surface area (Å²) in [7, 11) is 0. The molecular formula is C14H23NO4. The van der Waals surface area contributed by atoms with Crippen LogP contribution >= 0.6 is 0 Å². The van der Waals surface area contributed by atoms with Crippen LogP contribution < -0.4 is 5.32 Å². The molecule has 0 unspecified atom stereocenters. The van der Waals surface area contributed by atoms with E-state index in [0.29, 0.717) is 0 Å². The zero-order valence-corrected chi connectivity index (χ0v) is 12.5. The lowest BCUT2D eigenvalue weighted by molar-refractivity contribution is -0.155. The summed E-state index contributed by atoms with van der Waals surface area (Å²) >= 11 is 0. The van der Waals surface area contributed by atoms with E-state index in [4.69, 9.17) is 15.9 Å². The van der Waals surface area contributed by atoms with Crippen LogP contribution in [0.15, 0.2) is 0 Å². The Kier molecular flexibility index (Phi) is 5.88. The van der Waals surface area contributed by atoms with Crippen LogP contribution in [-0.4, -0.2) is 29.3 Å². The van der Waals surface area contributed by atoms with Gasteiger partial charge in [-0.2, -0.15) is 0 Å². The van der Waals surface area contributed by atoms with Gasteiger partial charge in [0.2, 0.25) is 0 Å². The summed E-state index contributed by atoms with van der Waals surface area (Å²) in [5.41, 5.74) is -1.20. The molecule has 0 fully saturated rings. The molecule has 0 aromatic rings. The molecule has 0 aromatic heterocycles. The van der Waals surface area contributed by atoms with Crippen LogP contribution in [0.25, 0.3) is 0 Å². The molecule has 0 aliphatic heterocycles. The second-order valence-electron chi connectivity index (χ2n) is 6.16. The molecule has 1 N–H and O–H groups in total.